The number of benzene rings is 2. The van der Waals surface area contributed by atoms with Crippen molar-refractivity contribution in [2.75, 3.05) is 10.2 Å². The first-order valence-corrected chi connectivity index (χ1v) is 10.5. The Kier molecular flexibility index (Phi) is 4.49. The van der Waals surface area contributed by atoms with Crippen LogP contribution < -0.4 is 10.2 Å². The van der Waals surface area contributed by atoms with Gasteiger partial charge in [-0.3, -0.25) is 14.4 Å². The van der Waals surface area contributed by atoms with Crippen molar-refractivity contribution < 1.29 is 14.4 Å². The number of rotatable bonds is 3. The molecule has 0 spiro atoms. The second-order valence-electron chi connectivity index (χ2n) is 7.34. The van der Waals surface area contributed by atoms with Crippen LogP contribution in [-0.2, 0) is 13.0 Å². The first-order valence-electron chi connectivity index (χ1n) is 9.71. The van der Waals surface area contributed by atoms with Crippen molar-refractivity contribution in [2.24, 2.45) is 0 Å². The van der Waals surface area contributed by atoms with E-state index in [9.17, 15) is 19.6 Å². The molecular formula is C23H15BrN4O3. The highest BCUT2D eigenvalue weighted by Crippen LogP contribution is 2.39. The molecule has 152 valence electrons. The molecule has 3 heterocycles. The van der Waals surface area contributed by atoms with E-state index in [1.54, 1.807) is 53.1 Å². The third kappa shape index (κ3) is 2.89. The first kappa shape index (κ1) is 19.3. The van der Waals surface area contributed by atoms with E-state index in [1.165, 1.54) is 0 Å². The van der Waals surface area contributed by atoms with Crippen molar-refractivity contribution in [2.45, 2.75) is 19.4 Å². The Morgan fingerprint density at radius 3 is 2.29 bits per heavy atom. The maximum Gasteiger partial charge on any atom is 0.274 e. The normalized spacial score (nSPS) is 14.4. The average Bonchev–Trinajstić information content (AvgIpc) is 3.41. The number of amides is 3. The molecule has 0 radical (unpaired) electrons. The number of hydrogen-bond acceptors (Lipinski definition) is 4. The van der Waals surface area contributed by atoms with Crippen molar-refractivity contribution in [3.63, 3.8) is 0 Å². The minimum absolute atomic E-state index is 0.0676. The predicted molar refractivity (Wildman–Crippen MR) is 117 cm³/mol. The van der Waals surface area contributed by atoms with Crippen molar-refractivity contribution >= 4 is 45.0 Å². The fourth-order valence-corrected chi connectivity index (χ4v) is 4.51. The summed E-state index contributed by atoms with van der Waals surface area (Å²) in [5.41, 5.74) is 2.19. The minimum Gasteiger partial charge on any atom is -0.337 e. The van der Waals surface area contributed by atoms with Gasteiger partial charge in [0.1, 0.15) is 17.5 Å². The van der Waals surface area contributed by atoms with E-state index in [1.807, 2.05) is 0 Å². The Morgan fingerprint density at radius 1 is 1.03 bits per heavy atom. The van der Waals surface area contributed by atoms with Crippen molar-refractivity contribution in [1.82, 2.24) is 4.57 Å². The van der Waals surface area contributed by atoms with Gasteiger partial charge in [0.2, 0.25) is 0 Å². The lowest BCUT2D eigenvalue weighted by atomic mass is 10.1. The Morgan fingerprint density at radius 2 is 1.68 bits per heavy atom. The third-order valence-corrected chi connectivity index (χ3v) is 6.12. The summed E-state index contributed by atoms with van der Waals surface area (Å²) in [6.07, 6.45) is 1.38. The maximum absolute atomic E-state index is 13.3. The number of imide groups is 1. The molecule has 1 aromatic heterocycles. The highest BCUT2D eigenvalue weighted by molar-refractivity contribution is 9.10. The summed E-state index contributed by atoms with van der Waals surface area (Å²) in [4.78, 5) is 40.6. The molecule has 7 nitrogen and oxygen atoms in total. The standard InChI is InChI=1S/C23H15BrN4O3/c24-13-7-9-14(10-8-13)26-21(29)20-19(17(12-25)18-6-3-11-27(18)20)28-22(30)15-4-1-2-5-16(15)23(28)31/h1-2,4-5,7-10H,3,6,11H2,(H,26,29). The van der Waals surface area contributed by atoms with Crippen LogP contribution in [0.25, 0.3) is 0 Å². The Bertz CT molecular complexity index is 1280. The molecule has 8 heteroatoms. The zero-order valence-corrected chi connectivity index (χ0v) is 17.8. The summed E-state index contributed by atoms with van der Waals surface area (Å²) in [6, 6.07) is 15.7. The monoisotopic (exact) mass is 474 g/mol. The van der Waals surface area contributed by atoms with Gasteiger partial charge in [0.15, 0.2) is 0 Å². The van der Waals surface area contributed by atoms with Crippen LogP contribution in [0.15, 0.2) is 53.0 Å². The lowest BCUT2D eigenvalue weighted by molar-refractivity contribution is 0.0926. The summed E-state index contributed by atoms with van der Waals surface area (Å²) < 4.78 is 2.62. The second-order valence-corrected chi connectivity index (χ2v) is 8.25. The lowest BCUT2D eigenvalue weighted by Gasteiger charge is -2.17. The zero-order chi connectivity index (χ0) is 21.7. The fraction of sp³-hybridized carbons (Fsp3) is 0.130. The van der Waals surface area contributed by atoms with Crippen molar-refractivity contribution in [3.05, 3.63) is 81.1 Å². The quantitative estimate of drug-likeness (QED) is 0.577. The van der Waals surface area contributed by atoms with Gasteiger partial charge in [0.05, 0.1) is 16.7 Å². The summed E-state index contributed by atoms with van der Waals surface area (Å²) in [5.74, 6) is -1.53. The number of aromatic nitrogens is 1. The average molecular weight is 475 g/mol. The molecular weight excluding hydrogens is 460 g/mol. The molecule has 0 unspecified atom stereocenters. The van der Waals surface area contributed by atoms with E-state index >= 15 is 0 Å². The molecule has 1 N–H and O–H groups in total. The second kappa shape index (κ2) is 7.22. The highest BCUT2D eigenvalue weighted by atomic mass is 79.9. The van der Waals surface area contributed by atoms with Crippen LogP contribution in [0.4, 0.5) is 11.4 Å². The number of nitrogens with zero attached hydrogens (tertiary/aromatic N) is 3. The number of carbonyl (C=O) groups excluding carboxylic acids is 3. The van der Waals surface area contributed by atoms with E-state index in [4.69, 9.17) is 0 Å². The lowest BCUT2D eigenvalue weighted by Crippen LogP contribution is -2.32. The van der Waals surface area contributed by atoms with Gasteiger partial charge in [-0.05, 0) is 49.2 Å². The molecule has 0 atom stereocenters. The van der Waals surface area contributed by atoms with Crippen LogP contribution in [0, 0.1) is 11.3 Å². The summed E-state index contributed by atoms with van der Waals surface area (Å²) in [6.45, 7) is 0.538. The van der Waals surface area contributed by atoms with Gasteiger partial charge in [0, 0.05) is 22.4 Å². The van der Waals surface area contributed by atoms with Crippen LogP contribution in [0.1, 0.15) is 48.9 Å². The molecule has 2 aromatic carbocycles. The van der Waals surface area contributed by atoms with E-state index in [2.05, 4.69) is 27.3 Å². The van der Waals surface area contributed by atoms with Crippen molar-refractivity contribution in [3.8, 4) is 6.07 Å². The zero-order valence-electron chi connectivity index (χ0n) is 16.2. The van der Waals surface area contributed by atoms with Crippen LogP contribution in [0.5, 0.6) is 0 Å². The van der Waals surface area contributed by atoms with Gasteiger partial charge in [0.25, 0.3) is 17.7 Å². The van der Waals surface area contributed by atoms with E-state index in [-0.39, 0.29) is 28.1 Å². The number of nitriles is 1. The molecule has 0 saturated heterocycles. The number of nitrogens with one attached hydrogen (secondary N) is 1. The van der Waals surface area contributed by atoms with E-state index in [0.29, 0.717) is 24.3 Å². The molecule has 2 aliphatic rings. The first-order chi connectivity index (χ1) is 15.0. The van der Waals surface area contributed by atoms with Crippen LogP contribution in [0.2, 0.25) is 0 Å². The van der Waals surface area contributed by atoms with Crippen LogP contribution >= 0.6 is 15.9 Å². The highest BCUT2D eigenvalue weighted by Gasteiger charge is 2.43. The number of halogens is 1. The third-order valence-electron chi connectivity index (χ3n) is 5.59. The van der Waals surface area contributed by atoms with Gasteiger partial charge in [-0.25, -0.2) is 4.90 Å². The molecule has 2 aliphatic heterocycles. The number of fused-ring (bicyclic) bond motifs is 2. The topological polar surface area (TPSA) is 95.2 Å². The summed E-state index contributed by atoms with van der Waals surface area (Å²) in [5, 5.41) is 12.7. The maximum atomic E-state index is 13.3. The summed E-state index contributed by atoms with van der Waals surface area (Å²) in [7, 11) is 0. The largest absolute Gasteiger partial charge is 0.337 e. The summed E-state index contributed by atoms with van der Waals surface area (Å²) >= 11 is 3.36. The minimum atomic E-state index is -0.529. The van der Waals surface area contributed by atoms with E-state index < -0.39 is 17.7 Å². The molecule has 0 fully saturated rings. The van der Waals surface area contributed by atoms with Gasteiger partial charge < -0.3 is 9.88 Å². The number of hydrogen-bond donors (Lipinski definition) is 1. The van der Waals surface area contributed by atoms with Gasteiger partial charge >= 0.3 is 0 Å². The molecule has 0 saturated carbocycles. The Hall–Kier alpha value is -3.70. The van der Waals surface area contributed by atoms with Crippen LogP contribution in [-0.4, -0.2) is 22.3 Å². The number of anilines is 2. The molecule has 0 bridgehead atoms. The van der Waals surface area contributed by atoms with Crippen LogP contribution in [0.3, 0.4) is 0 Å². The molecule has 31 heavy (non-hydrogen) atoms. The van der Waals surface area contributed by atoms with Gasteiger partial charge in [-0.1, -0.05) is 28.1 Å². The molecule has 3 amide bonds. The van der Waals surface area contributed by atoms with Crippen molar-refractivity contribution in [1.29, 1.82) is 5.26 Å². The van der Waals surface area contributed by atoms with Gasteiger partial charge in [-0.15, -0.1) is 0 Å². The molecule has 3 aromatic rings. The smallest absolute Gasteiger partial charge is 0.274 e. The molecule has 0 aliphatic carbocycles. The Labute approximate surface area is 186 Å². The molecule has 5 rings (SSSR count). The van der Waals surface area contributed by atoms with Gasteiger partial charge in [-0.2, -0.15) is 5.26 Å². The SMILES string of the molecule is N#Cc1c(N2C(=O)c3ccccc3C2=O)c(C(=O)Nc2ccc(Br)cc2)n2c1CCC2. The number of carbonyl (C=O) groups is 3. The van der Waals surface area contributed by atoms with E-state index in [0.717, 1.165) is 15.8 Å². The predicted octanol–water partition coefficient (Wildman–Crippen LogP) is 4.12. The Balaban J connectivity index is 1.66. The fourth-order valence-electron chi connectivity index (χ4n) is 4.25.